The Hall–Kier alpha value is -3.09. The summed E-state index contributed by atoms with van der Waals surface area (Å²) in [6, 6.07) is 10.7. The van der Waals surface area contributed by atoms with Crippen LogP contribution in [0.1, 0.15) is 15.9 Å². The summed E-state index contributed by atoms with van der Waals surface area (Å²) in [4.78, 5) is 27.5. The van der Waals surface area contributed by atoms with Crippen molar-refractivity contribution in [3.63, 3.8) is 0 Å². The molecule has 1 amide bonds. The number of rotatable bonds is 8. The maximum Gasteiger partial charge on any atom is 0.340 e. The van der Waals surface area contributed by atoms with Gasteiger partial charge in [0.1, 0.15) is 5.75 Å². The minimum Gasteiger partial charge on any atom is -0.496 e. The molecular weight excluding hydrogens is 324 g/mol. The van der Waals surface area contributed by atoms with Gasteiger partial charge >= 0.3 is 5.97 Å². The topological polar surface area (TPSA) is 86.8 Å². The van der Waals surface area contributed by atoms with E-state index in [0.717, 1.165) is 11.3 Å². The number of carbonyl (C=O) groups is 2. The maximum atomic E-state index is 11.8. The van der Waals surface area contributed by atoms with Gasteiger partial charge in [-0.05, 0) is 24.1 Å². The van der Waals surface area contributed by atoms with E-state index in [1.54, 1.807) is 13.2 Å². The number of para-hydroxylation sites is 1. The van der Waals surface area contributed by atoms with Crippen LogP contribution in [0.4, 0.5) is 0 Å². The van der Waals surface area contributed by atoms with Crippen LogP contribution < -0.4 is 14.8 Å². The number of esters is 1. The molecule has 0 bridgehead atoms. The molecule has 1 aromatic carbocycles. The van der Waals surface area contributed by atoms with Gasteiger partial charge in [-0.2, -0.15) is 0 Å². The third-order valence-electron chi connectivity index (χ3n) is 3.42. The summed E-state index contributed by atoms with van der Waals surface area (Å²) in [7, 11) is 3.08. The van der Waals surface area contributed by atoms with Crippen LogP contribution in [0.2, 0.25) is 0 Å². The highest BCUT2D eigenvalue weighted by Crippen LogP contribution is 2.17. The molecular formula is C18H20N2O5. The molecule has 25 heavy (non-hydrogen) atoms. The summed E-state index contributed by atoms with van der Waals surface area (Å²) in [5.41, 5.74) is 1.24. The lowest BCUT2D eigenvalue weighted by atomic mass is 10.1. The quantitative estimate of drug-likeness (QED) is 0.732. The third-order valence-corrected chi connectivity index (χ3v) is 3.42. The summed E-state index contributed by atoms with van der Waals surface area (Å²) in [6.45, 7) is 0.0671. The van der Waals surface area contributed by atoms with Crippen molar-refractivity contribution in [2.45, 2.75) is 6.42 Å². The highest BCUT2D eigenvalue weighted by molar-refractivity contribution is 5.91. The maximum absolute atomic E-state index is 11.8. The van der Waals surface area contributed by atoms with E-state index in [-0.39, 0.29) is 18.1 Å². The van der Waals surface area contributed by atoms with Crippen molar-refractivity contribution in [2.75, 3.05) is 27.4 Å². The fraction of sp³-hybridized carbons (Fsp3) is 0.278. The predicted octanol–water partition coefficient (Wildman–Crippen LogP) is 1.61. The van der Waals surface area contributed by atoms with Crippen LogP contribution in [0.25, 0.3) is 0 Å². The molecule has 0 spiro atoms. The average molecular weight is 344 g/mol. The molecule has 0 radical (unpaired) electrons. The van der Waals surface area contributed by atoms with E-state index >= 15 is 0 Å². The lowest BCUT2D eigenvalue weighted by Gasteiger charge is -2.09. The highest BCUT2D eigenvalue weighted by atomic mass is 16.5. The molecule has 0 saturated carbocycles. The first kappa shape index (κ1) is 18.3. The predicted molar refractivity (Wildman–Crippen MR) is 90.8 cm³/mol. The van der Waals surface area contributed by atoms with Crippen LogP contribution in [0.15, 0.2) is 42.6 Å². The second-order valence-corrected chi connectivity index (χ2v) is 5.08. The zero-order valence-corrected chi connectivity index (χ0v) is 14.2. The van der Waals surface area contributed by atoms with Crippen LogP contribution in [0, 0.1) is 0 Å². The third kappa shape index (κ3) is 5.49. The number of ether oxygens (including phenoxy) is 3. The van der Waals surface area contributed by atoms with Crippen molar-refractivity contribution >= 4 is 11.9 Å². The number of methoxy groups -OCH3 is 2. The smallest absolute Gasteiger partial charge is 0.340 e. The van der Waals surface area contributed by atoms with Gasteiger partial charge in [-0.15, -0.1) is 0 Å². The van der Waals surface area contributed by atoms with Crippen molar-refractivity contribution in [1.82, 2.24) is 10.3 Å². The SMILES string of the molecule is COc1ccc(C(=O)OCC(=O)NCCc2ccccc2OC)cn1. The molecule has 1 aromatic heterocycles. The Labute approximate surface area is 145 Å². The van der Waals surface area contributed by atoms with Crippen LogP contribution >= 0.6 is 0 Å². The van der Waals surface area contributed by atoms with Gasteiger partial charge in [-0.3, -0.25) is 4.79 Å². The second kappa shape index (κ2) is 9.27. The van der Waals surface area contributed by atoms with Crippen LogP contribution in [-0.4, -0.2) is 44.2 Å². The minimum absolute atomic E-state index is 0.252. The van der Waals surface area contributed by atoms with E-state index < -0.39 is 5.97 Å². The standard InChI is InChI=1S/C18H20N2O5/c1-23-15-6-4-3-5-13(15)9-10-19-16(21)12-25-18(22)14-7-8-17(24-2)20-11-14/h3-8,11H,9-10,12H2,1-2H3,(H,19,21). The number of pyridine rings is 1. The van der Waals surface area contributed by atoms with Crippen molar-refractivity contribution in [3.05, 3.63) is 53.7 Å². The number of amides is 1. The zero-order valence-electron chi connectivity index (χ0n) is 14.2. The van der Waals surface area contributed by atoms with Crippen LogP contribution in [0.5, 0.6) is 11.6 Å². The first-order valence-electron chi connectivity index (χ1n) is 7.69. The molecule has 1 N–H and O–H groups in total. The normalized spacial score (nSPS) is 10.0. The van der Waals surface area contributed by atoms with Gasteiger partial charge in [0.2, 0.25) is 5.88 Å². The van der Waals surface area contributed by atoms with Gasteiger partial charge < -0.3 is 19.5 Å². The van der Waals surface area contributed by atoms with Crippen molar-refractivity contribution < 1.29 is 23.8 Å². The van der Waals surface area contributed by atoms with Gasteiger partial charge in [-0.25, -0.2) is 9.78 Å². The number of nitrogens with one attached hydrogen (secondary N) is 1. The first-order chi connectivity index (χ1) is 12.1. The summed E-state index contributed by atoms with van der Waals surface area (Å²) >= 11 is 0. The Bertz CT molecular complexity index is 716. The second-order valence-electron chi connectivity index (χ2n) is 5.08. The van der Waals surface area contributed by atoms with Gasteiger partial charge in [0, 0.05) is 18.8 Å². The number of hydrogen-bond acceptors (Lipinski definition) is 6. The fourth-order valence-corrected chi connectivity index (χ4v) is 2.13. The summed E-state index contributed by atoms with van der Waals surface area (Å²) in [6.07, 6.45) is 1.95. The average Bonchev–Trinajstić information content (AvgIpc) is 2.66. The van der Waals surface area contributed by atoms with Crippen LogP contribution in [-0.2, 0) is 16.0 Å². The number of benzene rings is 1. The first-order valence-corrected chi connectivity index (χ1v) is 7.69. The largest absolute Gasteiger partial charge is 0.496 e. The van der Waals surface area contributed by atoms with E-state index in [0.29, 0.717) is 18.8 Å². The molecule has 0 unspecified atom stereocenters. The fourth-order valence-electron chi connectivity index (χ4n) is 2.13. The molecule has 7 nitrogen and oxygen atoms in total. The molecule has 132 valence electrons. The van der Waals surface area contributed by atoms with E-state index in [2.05, 4.69) is 10.3 Å². The zero-order chi connectivity index (χ0) is 18.1. The van der Waals surface area contributed by atoms with Crippen molar-refractivity contribution in [1.29, 1.82) is 0 Å². The minimum atomic E-state index is -0.616. The van der Waals surface area contributed by atoms with Crippen molar-refractivity contribution in [2.24, 2.45) is 0 Å². The Morgan fingerprint density at radius 3 is 2.56 bits per heavy atom. The van der Waals surface area contributed by atoms with E-state index in [1.807, 2.05) is 24.3 Å². The molecule has 7 heteroatoms. The molecule has 0 aliphatic heterocycles. The monoisotopic (exact) mass is 344 g/mol. The van der Waals surface area contributed by atoms with Gasteiger partial charge in [-0.1, -0.05) is 18.2 Å². The Morgan fingerprint density at radius 1 is 1.08 bits per heavy atom. The van der Waals surface area contributed by atoms with Gasteiger partial charge in [0.25, 0.3) is 5.91 Å². The molecule has 0 fully saturated rings. The van der Waals surface area contributed by atoms with Crippen LogP contribution in [0.3, 0.4) is 0 Å². The number of carbonyl (C=O) groups excluding carboxylic acids is 2. The number of nitrogens with zero attached hydrogens (tertiary/aromatic N) is 1. The lowest BCUT2D eigenvalue weighted by molar-refractivity contribution is -0.124. The van der Waals surface area contributed by atoms with Gasteiger partial charge in [0.15, 0.2) is 6.61 Å². The molecule has 2 rings (SSSR count). The number of aromatic nitrogens is 1. The highest BCUT2D eigenvalue weighted by Gasteiger charge is 2.11. The Balaban J connectivity index is 1.73. The van der Waals surface area contributed by atoms with Gasteiger partial charge in [0.05, 0.1) is 19.8 Å². The molecule has 0 saturated heterocycles. The molecule has 2 aromatic rings. The summed E-state index contributed by atoms with van der Waals surface area (Å²) < 4.78 is 15.1. The van der Waals surface area contributed by atoms with E-state index in [9.17, 15) is 9.59 Å². The summed E-state index contributed by atoms with van der Waals surface area (Å²) in [5.74, 6) is 0.181. The summed E-state index contributed by atoms with van der Waals surface area (Å²) in [5, 5.41) is 2.70. The van der Waals surface area contributed by atoms with E-state index in [1.165, 1.54) is 19.4 Å². The molecule has 0 aliphatic rings. The molecule has 1 heterocycles. The molecule has 0 atom stereocenters. The van der Waals surface area contributed by atoms with E-state index in [4.69, 9.17) is 14.2 Å². The lowest BCUT2D eigenvalue weighted by Crippen LogP contribution is -2.30. The molecule has 0 aliphatic carbocycles. The number of hydrogen-bond donors (Lipinski definition) is 1. The van der Waals surface area contributed by atoms with Crippen molar-refractivity contribution in [3.8, 4) is 11.6 Å². The Kier molecular flexibility index (Phi) is 6.76. The Morgan fingerprint density at radius 2 is 1.88 bits per heavy atom.